The number of ether oxygens (including phenoxy) is 4. The summed E-state index contributed by atoms with van der Waals surface area (Å²) in [6.07, 6.45) is 0.808. The lowest BCUT2D eigenvalue weighted by Crippen LogP contribution is -2.33. The van der Waals surface area contributed by atoms with E-state index < -0.39 is 12.1 Å². The van der Waals surface area contributed by atoms with Gasteiger partial charge in [-0.25, -0.2) is 4.79 Å². The highest BCUT2D eigenvalue weighted by Gasteiger charge is 2.32. The predicted octanol–water partition coefficient (Wildman–Crippen LogP) is 2.89. The van der Waals surface area contributed by atoms with Crippen molar-refractivity contribution in [3.8, 4) is 17.2 Å². The van der Waals surface area contributed by atoms with Gasteiger partial charge >= 0.3 is 5.97 Å². The van der Waals surface area contributed by atoms with Crippen LogP contribution in [0, 0.1) is 0 Å². The number of carbonyl (C=O) groups excluding carboxylic acids is 2. The molecule has 0 heterocycles. The van der Waals surface area contributed by atoms with Crippen LogP contribution in [-0.2, 0) is 9.53 Å². The normalized spacial score (nSPS) is 14.0. The smallest absolute Gasteiger partial charge is 0.343 e. The number of nitrogens with one attached hydrogen (secondary N) is 1. The van der Waals surface area contributed by atoms with E-state index in [0.717, 1.165) is 12.8 Å². The number of carbonyl (C=O) groups is 2. The summed E-state index contributed by atoms with van der Waals surface area (Å²) >= 11 is 0. The van der Waals surface area contributed by atoms with E-state index in [0.29, 0.717) is 17.1 Å². The average molecular weight is 385 g/mol. The molecule has 0 radical (unpaired) electrons. The van der Waals surface area contributed by atoms with E-state index in [2.05, 4.69) is 5.32 Å². The number of rotatable bonds is 8. The summed E-state index contributed by atoms with van der Waals surface area (Å²) in [6.45, 7) is 0. The molecule has 1 aliphatic rings. The average Bonchev–Trinajstić information content (AvgIpc) is 3.55. The monoisotopic (exact) mass is 385 g/mol. The van der Waals surface area contributed by atoms with Gasteiger partial charge in [-0.2, -0.15) is 0 Å². The molecule has 1 saturated carbocycles. The van der Waals surface area contributed by atoms with Gasteiger partial charge < -0.3 is 24.3 Å². The van der Waals surface area contributed by atoms with Gasteiger partial charge in [0.15, 0.2) is 11.5 Å². The molecule has 0 aliphatic heterocycles. The van der Waals surface area contributed by atoms with Crippen LogP contribution in [0.25, 0.3) is 0 Å². The first-order chi connectivity index (χ1) is 13.6. The lowest BCUT2D eigenvalue weighted by atomic mass is 10.1. The van der Waals surface area contributed by atoms with Gasteiger partial charge in [0.05, 0.1) is 21.3 Å². The molecule has 7 heteroatoms. The minimum absolute atomic E-state index is 0.139. The Labute approximate surface area is 163 Å². The van der Waals surface area contributed by atoms with E-state index >= 15 is 0 Å². The Bertz CT molecular complexity index is 847. The molecule has 1 N–H and O–H groups in total. The van der Waals surface area contributed by atoms with Crippen LogP contribution in [0.1, 0.15) is 34.9 Å². The van der Waals surface area contributed by atoms with E-state index in [-0.39, 0.29) is 23.3 Å². The number of benzene rings is 2. The van der Waals surface area contributed by atoms with Crippen molar-refractivity contribution in [1.29, 1.82) is 0 Å². The van der Waals surface area contributed by atoms with Crippen molar-refractivity contribution >= 4 is 11.9 Å². The summed E-state index contributed by atoms with van der Waals surface area (Å²) in [7, 11) is 4.39. The molecular weight excluding hydrogens is 362 g/mol. The Morgan fingerprint density at radius 2 is 1.54 bits per heavy atom. The van der Waals surface area contributed by atoms with E-state index in [1.807, 2.05) is 6.07 Å². The molecule has 1 aliphatic carbocycles. The largest absolute Gasteiger partial charge is 0.496 e. The van der Waals surface area contributed by atoms with Crippen molar-refractivity contribution < 1.29 is 28.5 Å². The van der Waals surface area contributed by atoms with Crippen LogP contribution in [-0.4, -0.2) is 39.2 Å². The lowest BCUT2D eigenvalue weighted by molar-refractivity contribution is -0.130. The number of hydrogen-bond donors (Lipinski definition) is 1. The number of amides is 1. The molecule has 1 fully saturated rings. The molecule has 7 nitrogen and oxygen atoms in total. The molecule has 1 atom stereocenters. The molecule has 0 unspecified atom stereocenters. The van der Waals surface area contributed by atoms with Gasteiger partial charge in [0.2, 0.25) is 6.10 Å². The number of esters is 1. The SMILES string of the molecule is COc1cc(OC)c(C(=O)O[C@H](C(=O)NC2CC2)c2ccccc2)cc1OC. The van der Waals surface area contributed by atoms with Gasteiger partial charge in [-0.15, -0.1) is 0 Å². The molecule has 148 valence electrons. The van der Waals surface area contributed by atoms with E-state index in [1.165, 1.54) is 33.5 Å². The molecule has 0 aromatic heterocycles. The highest BCUT2D eigenvalue weighted by molar-refractivity contribution is 5.96. The third kappa shape index (κ3) is 4.36. The number of hydrogen-bond acceptors (Lipinski definition) is 6. The maximum atomic E-state index is 12.9. The minimum Gasteiger partial charge on any atom is -0.496 e. The Morgan fingerprint density at radius 1 is 0.929 bits per heavy atom. The van der Waals surface area contributed by atoms with Crippen LogP contribution < -0.4 is 19.5 Å². The van der Waals surface area contributed by atoms with Gasteiger partial charge in [0.1, 0.15) is 11.3 Å². The summed E-state index contributed by atoms with van der Waals surface area (Å²) in [5, 5.41) is 2.89. The Balaban J connectivity index is 1.90. The highest BCUT2D eigenvalue weighted by Crippen LogP contribution is 2.35. The first kappa shape index (κ1) is 19.5. The minimum atomic E-state index is -1.06. The molecule has 2 aromatic rings. The molecule has 0 spiro atoms. The molecule has 0 bridgehead atoms. The standard InChI is InChI=1S/C21H23NO6/c1-25-16-12-18(27-3)17(26-2)11-15(16)21(24)28-19(13-7-5-4-6-8-13)20(23)22-14-9-10-14/h4-8,11-12,14,19H,9-10H2,1-3H3,(H,22,23)/t19-/m0/s1. The summed E-state index contributed by atoms with van der Waals surface area (Å²) in [5.41, 5.74) is 0.730. The van der Waals surface area contributed by atoms with E-state index in [1.54, 1.807) is 24.3 Å². The van der Waals surface area contributed by atoms with Gasteiger partial charge in [0, 0.05) is 23.7 Å². The van der Waals surface area contributed by atoms with E-state index in [4.69, 9.17) is 18.9 Å². The molecular formula is C21H23NO6. The summed E-state index contributed by atoms with van der Waals surface area (Å²) in [6, 6.07) is 12.1. The van der Waals surface area contributed by atoms with Crippen LogP contribution >= 0.6 is 0 Å². The van der Waals surface area contributed by atoms with Crippen molar-refractivity contribution in [3.63, 3.8) is 0 Å². The fraction of sp³-hybridized carbons (Fsp3) is 0.333. The maximum absolute atomic E-state index is 12.9. The fourth-order valence-corrected chi connectivity index (χ4v) is 2.76. The molecule has 3 rings (SSSR count). The van der Waals surface area contributed by atoms with Gasteiger partial charge in [0.25, 0.3) is 5.91 Å². The Kier molecular flexibility index (Phi) is 6.03. The molecule has 2 aromatic carbocycles. The summed E-state index contributed by atoms with van der Waals surface area (Å²) in [4.78, 5) is 25.6. The van der Waals surface area contributed by atoms with Crippen LogP contribution in [0.3, 0.4) is 0 Å². The van der Waals surface area contributed by atoms with Gasteiger partial charge in [-0.3, -0.25) is 4.79 Å². The second-order valence-corrected chi connectivity index (χ2v) is 6.39. The topological polar surface area (TPSA) is 83.1 Å². The zero-order valence-corrected chi connectivity index (χ0v) is 16.1. The van der Waals surface area contributed by atoms with Gasteiger partial charge in [-0.05, 0) is 12.8 Å². The zero-order valence-electron chi connectivity index (χ0n) is 16.1. The number of methoxy groups -OCH3 is 3. The second-order valence-electron chi connectivity index (χ2n) is 6.39. The first-order valence-electron chi connectivity index (χ1n) is 8.93. The van der Waals surface area contributed by atoms with E-state index in [9.17, 15) is 9.59 Å². The van der Waals surface area contributed by atoms with Crippen molar-refractivity contribution in [2.45, 2.75) is 25.0 Å². The molecule has 28 heavy (non-hydrogen) atoms. The van der Waals surface area contributed by atoms with Gasteiger partial charge in [-0.1, -0.05) is 30.3 Å². The second kappa shape index (κ2) is 8.65. The Morgan fingerprint density at radius 3 is 2.11 bits per heavy atom. The molecule has 1 amide bonds. The quantitative estimate of drug-likeness (QED) is 0.704. The third-order valence-corrected chi connectivity index (χ3v) is 4.41. The summed E-state index contributed by atoms with van der Waals surface area (Å²) < 4.78 is 21.4. The van der Waals surface area contributed by atoms with Crippen molar-refractivity contribution in [2.75, 3.05) is 21.3 Å². The lowest BCUT2D eigenvalue weighted by Gasteiger charge is -2.19. The highest BCUT2D eigenvalue weighted by atomic mass is 16.6. The van der Waals surface area contributed by atoms with Crippen molar-refractivity contribution in [1.82, 2.24) is 5.32 Å². The Hall–Kier alpha value is -3.22. The van der Waals surface area contributed by atoms with Crippen LogP contribution in [0.5, 0.6) is 17.2 Å². The summed E-state index contributed by atoms with van der Waals surface area (Å²) in [5.74, 6) is -0.00733. The van der Waals surface area contributed by atoms with Crippen LogP contribution in [0.4, 0.5) is 0 Å². The van der Waals surface area contributed by atoms with Crippen LogP contribution in [0.2, 0.25) is 0 Å². The van der Waals surface area contributed by atoms with Crippen molar-refractivity contribution in [3.05, 3.63) is 53.6 Å². The predicted molar refractivity (Wildman–Crippen MR) is 102 cm³/mol. The third-order valence-electron chi connectivity index (χ3n) is 4.41. The molecule has 0 saturated heterocycles. The maximum Gasteiger partial charge on any atom is 0.343 e. The zero-order chi connectivity index (χ0) is 20.1. The fourth-order valence-electron chi connectivity index (χ4n) is 2.76. The van der Waals surface area contributed by atoms with Crippen LogP contribution in [0.15, 0.2) is 42.5 Å². The first-order valence-corrected chi connectivity index (χ1v) is 8.93. The van der Waals surface area contributed by atoms with Crippen molar-refractivity contribution in [2.24, 2.45) is 0 Å².